The van der Waals surface area contributed by atoms with Gasteiger partial charge in [-0.25, -0.2) is 4.99 Å². The van der Waals surface area contributed by atoms with Crippen LogP contribution in [0.3, 0.4) is 0 Å². The summed E-state index contributed by atoms with van der Waals surface area (Å²) >= 11 is 0. The number of ether oxygens (including phenoxy) is 1. The van der Waals surface area contributed by atoms with Crippen molar-refractivity contribution in [2.45, 2.75) is 39.7 Å². The Kier molecular flexibility index (Phi) is 12.0. The number of aliphatic imine (C=N–C) groups is 1. The van der Waals surface area contributed by atoms with Gasteiger partial charge in [0.2, 0.25) is 0 Å². The summed E-state index contributed by atoms with van der Waals surface area (Å²) in [6.45, 7) is 8.20. The number of hydrogen-bond donors (Lipinski definition) is 2. The molecule has 2 rings (SSSR count). The molecule has 0 saturated carbocycles. The number of halogens is 1. The Morgan fingerprint density at radius 3 is 2.69 bits per heavy atom. The van der Waals surface area contributed by atoms with E-state index in [9.17, 15) is 0 Å². The highest BCUT2D eigenvalue weighted by Gasteiger charge is 2.02. The van der Waals surface area contributed by atoms with Gasteiger partial charge in [0.1, 0.15) is 0 Å². The molecule has 0 unspecified atom stereocenters. The molecule has 0 aliphatic rings. The largest absolute Gasteiger partial charge is 0.381 e. The number of rotatable bonds is 10. The first-order valence-electron chi connectivity index (χ1n) is 9.27. The quantitative estimate of drug-likeness (QED) is 0.238. The number of fused-ring (bicyclic) bond motifs is 1. The molecule has 1 aromatic heterocycles. The Balaban J connectivity index is 0.00000338. The van der Waals surface area contributed by atoms with Crippen molar-refractivity contribution in [2.24, 2.45) is 4.99 Å². The molecule has 0 spiro atoms. The van der Waals surface area contributed by atoms with Crippen LogP contribution in [0.15, 0.2) is 41.5 Å². The second kappa shape index (κ2) is 13.7. The van der Waals surface area contributed by atoms with Gasteiger partial charge in [0.15, 0.2) is 5.96 Å². The van der Waals surface area contributed by atoms with Gasteiger partial charge in [-0.1, -0.05) is 37.6 Å². The minimum absolute atomic E-state index is 0. The van der Waals surface area contributed by atoms with E-state index in [0.717, 1.165) is 61.6 Å². The van der Waals surface area contributed by atoms with Crippen molar-refractivity contribution in [1.82, 2.24) is 15.6 Å². The van der Waals surface area contributed by atoms with Gasteiger partial charge >= 0.3 is 0 Å². The molecule has 0 atom stereocenters. The van der Waals surface area contributed by atoms with Crippen molar-refractivity contribution >= 4 is 40.8 Å². The fourth-order valence-corrected chi connectivity index (χ4v) is 2.53. The average molecular weight is 470 g/mol. The topological polar surface area (TPSA) is 58.5 Å². The number of nitrogens with one attached hydrogen (secondary N) is 2. The zero-order chi connectivity index (χ0) is 17.7. The van der Waals surface area contributed by atoms with Crippen LogP contribution in [-0.2, 0) is 11.3 Å². The molecule has 0 aliphatic heterocycles. The predicted octanol–water partition coefficient (Wildman–Crippen LogP) is 4.11. The number of aromatic nitrogens is 1. The van der Waals surface area contributed by atoms with Crippen LogP contribution in [0.1, 0.15) is 38.7 Å². The number of pyridine rings is 1. The average Bonchev–Trinajstić information content (AvgIpc) is 2.65. The number of unbranched alkanes of at least 4 members (excludes halogenated alkanes) is 1. The number of hydrogen-bond acceptors (Lipinski definition) is 3. The minimum Gasteiger partial charge on any atom is -0.381 e. The van der Waals surface area contributed by atoms with Gasteiger partial charge in [0.25, 0.3) is 0 Å². The van der Waals surface area contributed by atoms with E-state index in [2.05, 4.69) is 53.7 Å². The summed E-state index contributed by atoms with van der Waals surface area (Å²) in [5.74, 6) is 0.837. The van der Waals surface area contributed by atoms with E-state index in [-0.39, 0.29) is 24.0 Å². The Hall–Kier alpha value is -1.41. The van der Waals surface area contributed by atoms with Gasteiger partial charge in [-0.3, -0.25) is 4.98 Å². The number of guanidine groups is 1. The first-order valence-corrected chi connectivity index (χ1v) is 9.27. The maximum Gasteiger partial charge on any atom is 0.191 e. The maximum atomic E-state index is 5.58. The normalized spacial score (nSPS) is 11.2. The SMILES string of the molecule is CCCCOCCCNC(=NCc1cccc2cccnc12)NCC.I. The molecule has 1 aromatic carbocycles. The zero-order valence-electron chi connectivity index (χ0n) is 15.8. The van der Waals surface area contributed by atoms with Crippen LogP contribution in [0.2, 0.25) is 0 Å². The zero-order valence-corrected chi connectivity index (χ0v) is 18.2. The van der Waals surface area contributed by atoms with E-state index in [4.69, 9.17) is 9.73 Å². The first-order chi connectivity index (χ1) is 12.3. The molecule has 144 valence electrons. The summed E-state index contributed by atoms with van der Waals surface area (Å²) in [5, 5.41) is 7.81. The van der Waals surface area contributed by atoms with E-state index in [0.29, 0.717) is 6.54 Å². The van der Waals surface area contributed by atoms with Crippen molar-refractivity contribution in [2.75, 3.05) is 26.3 Å². The van der Waals surface area contributed by atoms with Crippen LogP contribution >= 0.6 is 24.0 Å². The molecular formula is C20H31IN4O. The summed E-state index contributed by atoms with van der Waals surface area (Å²) < 4.78 is 5.58. The van der Waals surface area contributed by atoms with Crippen molar-refractivity contribution in [3.05, 3.63) is 42.1 Å². The molecule has 0 amide bonds. The lowest BCUT2D eigenvalue weighted by atomic mass is 10.1. The molecule has 5 nitrogen and oxygen atoms in total. The maximum absolute atomic E-state index is 5.58. The molecule has 2 N–H and O–H groups in total. The fraction of sp³-hybridized carbons (Fsp3) is 0.500. The third-order valence-corrected chi connectivity index (χ3v) is 3.87. The summed E-state index contributed by atoms with van der Waals surface area (Å²) in [6, 6.07) is 10.3. The highest BCUT2D eigenvalue weighted by Crippen LogP contribution is 2.16. The van der Waals surface area contributed by atoms with E-state index in [1.165, 1.54) is 6.42 Å². The Bertz CT molecular complexity index is 658. The lowest BCUT2D eigenvalue weighted by Gasteiger charge is -2.12. The van der Waals surface area contributed by atoms with Gasteiger partial charge < -0.3 is 15.4 Å². The Morgan fingerprint density at radius 2 is 1.88 bits per heavy atom. The van der Waals surface area contributed by atoms with Crippen LogP contribution in [0.5, 0.6) is 0 Å². The first kappa shape index (κ1) is 22.6. The Labute approximate surface area is 174 Å². The molecule has 1 heterocycles. The number of benzene rings is 1. The van der Waals surface area contributed by atoms with Gasteiger partial charge in [-0.15, -0.1) is 24.0 Å². The van der Waals surface area contributed by atoms with E-state index < -0.39 is 0 Å². The van der Waals surface area contributed by atoms with E-state index in [1.54, 1.807) is 0 Å². The van der Waals surface area contributed by atoms with Crippen molar-refractivity contribution in [3.63, 3.8) is 0 Å². The molecule has 0 fully saturated rings. The van der Waals surface area contributed by atoms with Crippen molar-refractivity contribution in [3.8, 4) is 0 Å². The van der Waals surface area contributed by atoms with Gasteiger partial charge in [0.05, 0.1) is 12.1 Å². The number of nitrogens with zero attached hydrogens (tertiary/aromatic N) is 2. The highest BCUT2D eigenvalue weighted by atomic mass is 127. The highest BCUT2D eigenvalue weighted by molar-refractivity contribution is 14.0. The lowest BCUT2D eigenvalue weighted by molar-refractivity contribution is 0.129. The monoisotopic (exact) mass is 470 g/mol. The van der Waals surface area contributed by atoms with E-state index in [1.807, 2.05) is 12.3 Å². The molecule has 0 aliphatic carbocycles. The lowest BCUT2D eigenvalue weighted by Crippen LogP contribution is -2.38. The molecule has 2 aromatic rings. The molecular weight excluding hydrogens is 439 g/mol. The van der Waals surface area contributed by atoms with Crippen molar-refractivity contribution < 1.29 is 4.74 Å². The molecule has 6 heteroatoms. The summed E-state index contributed by atoms with van der Waals surface area (Å²) in [7, 11) is 0. The molecule has 0 radical (unpaired) electrons. The third-order valence-electron chi connectivity index (χ3n) is 3.87. The van der Waals surface area contributed by atoms with Crippen LogP contribution in [-0.4, -0.2) is 37.2 Å². The third kappa shape index (κ3) is 7.86. The summed E-state index contributed by atoms with van der Waals surface area (Å²) in [5.41, 5.74) is 2.16. The van der Waals surface area contributed by atoms with Gasteiger partial charge in [-0.05, 0) is 31.4 Å². The van der Waals surface area contributed by atoms with Gasteiger partial charge in [-0.2, -0.15) is 0 Å². The molecule has 26 heavy (non-hydrogen) atoms. The van der Waals surface area contributed by atoms with Crippen LogP contribution < -0.4 is 10.6 Å². The summed E-state index contributed by atoms with van der Waals surface area (Å²) in [6.07, 6.45) is 5.12. The van der Waals surface area contributed by atoms with Crippen molar-refractivity contribution in [1.29, 1.82) is 0 Å². The van der Waals surface area contributed by atoms with Crippen LogP contribution in [0.25, 0.3) is 10.9 Å². The predicted molar refractivity (Wildman–Crippen MR) is 120 cm³/mol. The molecule has 0 bridgehead atoms. The Morgan fingerprint density at radius 1 is 1.08 bits per heavy atom. The second-order valence-corrected chi connectivity index (χ2v) is 5.93. The van der Waals surface area contributed by atoms with Crippen LogP contribution in [0.4, 0.5) is 0 Å². The molecule has 0 saturated heterocycles. The smallest absolute Gasteiger partial charge is 0.191 e. The number of para-hydroxylation sites is 1. The van der Waals surface area contributed by atoms with Crippen LogP contribution in [0, 0.1) is 0 Å². The van der Waals surface area contributed by atoms with Gasteiger partial charge in [0, 0.05) is 37.9 Å². The fourth-order valence-electron chi connectivity index (χ4n) is 2.53. The summed E-state index contributed by atoms with van der Waals surface area (Å²) in [4.78, 5) is 9.18. The second-order valence-electron chi connectivity index (χ2n) is 5.93. The minimum atomic E-state index is 0. The van der Waals surface area contributed by atoms with E-state index >= 15 is 0 Å². The standard InChI is InChI=1S/C20H30N4O.HI/c1-3-5-14-25-15-8-13-23-20(21-4-2)24-16-18-10-6-9-17-11-7-12-22-19(17)18;/h6-7,9-12H,3-5,8,13-16H2,1-2H3,(H2,21,23,24);1H.